The number of aromatic nitrogens is 1. The van der Waals surface area contributed by atoms with E-state index in [9.17, 15) is 0 Å². The molecule has 1 aromatic heterocycles. The number of nitrogens with two attached hydrogens (primary N) is 1. The van der Waals surface area contributed by atoms with Crippen molar-refractivity contribution >= 4 is 27.4 Å². The van der Waals surface area contributed by atoms with Crippen LogP contribution in [0.2, 0.25) is 0 Å². The van der Waals surface area contributed by atoms with E-state index in [0.29, 0.717) is 5.69 Å². The summed E-state index contributed by atoms with van der Waals surface area (Å²) >= 11 is 3.52. The molecule has 3 N–H and O–H groups in total. The van der Waals surface area contributed by atoms with Crippen molar-refractivity contribution in [3.63, 3.8) is 0 Å². The quantitative estimate of drug-likeness (QED) is 0.870. The molecule has 0 fully saturated rings. The Hall–Kier alpha value is -0.810. The minimum atomic E-state index is 0.715. The molecule has 84 valence electrons. The fourth-order valence-corrected chi connectivity index (χ4v) is 1.86. The second-order valence-corrected chi connectivity index (χ2v) is 4.29. The minimum Gasteiger partial charge on any atom is -0.397 e. The van der Waals surface area contributed by atoms with Gasteiger partial charge in [-0.3, -0.25) is 0 Å². The lowest BCUT2D eigenvalue weighted by atomic mass is 10.2. The molecule has 1 aromatic rings. The molecule has 0 aliphatic rings. The van der Waals surface area contributed by atoms with Gasteiger partial charge in [0.05, 0.1) is 16.4 Å². The van der Waals surface area contributed by atoms with Gasteiger partial charge in [0, 0.05) is 20.1 Å². The Morgan fingerprint density at radius 1 is 1.60 bits per heavy atom. The number of halogens is 1. The third-order valence-electron chi connectivity index (χ3n) is 2.34. The third-order valence-corrected chi connectivity index (χ3v) is 3.29. The van der Waals surface area contributed by atoms with E-state index in [1.165, 1.54) is 0 Å². The molecule has 4 nitrogen and oxygen atoms in total. The molecule has 0 atom stereocenters. The first-order valence-corrected chi connectivity index (χ1v) is 5.63. The highest BCUT2D eigenvalue weighted by Crippen LogP contribution is 2.29. The lowest BCUT2D eigenvalue weighted by Crippen LogP contribution is -2.28. The maximum absolute atomic E-state index is 5.77. The van der Waals surface area contributed by atoms with Crippen LogP contribution in [0.1, 0.15) is 5.56 Å². The molecule has 0 saturated carbocycles. The Morgan fingerprint density at radius 2 is 2.27 bits per heavy atom. The number of rotatable bonds is 4. The summed E-state index contributed by atoms with van der Waals surface area (Å²) in [6.45, 7) is 3.82. The van der Waals surface area contributed by atoms with Gasteiger partial charge in [-0.25, -0.2) is 4.98 Å². The van der Waals surface area contributed by atoms with Crippen molar-refractivity contribution in [2.24, 2.45) is 0 Å². The first kappa shape index (κ1) is 12.3. The van der Waals surface area contributed by atoms with Crippen LogP contribution in [-0.4, -0.2) is 32.2 Å². The number of hydrogen-bond acceptors (Lipinski definition) is 4. The van der Waals surface area contributed by atoms with Crippen LogP contribution in [0.3, 0.4) is 0 Å². The van der Waals surface area contributed by atoms with Crippen molar-refractivity contribution in [3.8, 4) is 0 Å². The number of nitrogens with one attached hydrogen (secondary N) is 1. The smallest absolute Gasteiger partial charge is 0.143 e. The topological polar surface area (TPSA) is 54.2 Å². The molecule has 0 aliphatic carbocycles. The van der Waals surface area contributed by atoms with Gasteiger partial charge in [0.2, 0.25) is 0 Å². The summed E-state index contributed by atoms with van der Waals surface area (Å²) in [4.78, 5) is 6.41. The van der Waals surface area contributed by atoms with E-state index in [1.807, 2.05) is 21.0 Å². The first-order chi connectivity index (χ1) is 7.07. The van der Waals surface area contributed by atoms with Gasteiger partial charge in [0.25, 0.3) is 0 Å². The highest BCUT2D eigenvalue weighted by molar-refractivity contribution is 9.10. The lowest BCUT2D eigenvalue weighted by molar-refractivity contribution is 0.760. The molecule has 0 aromatic carbocycles. The van der Waals surface area contributed by atoms with Crippen LogP contribution in [-0.2, 0) is 0 Å². The second kappa shape index (κ2) is 5.32. The molecule has 1 heterocycles. The molecule has 0 aliphatic heterocycles. The van der Waals surface area contributed by atoms with Crippen molar-refractivity contribution in [2.75, 3.05) is 37.8 Å². The van der Waals surface area contributed by atoms with Crippen molar-refractivity contribution in [1.82, 2.24) is 10.3 Å². The molecule has 0 spiro atoms. The number of nitrogens with zero attached hydrogens (tertiary/aromatic N) is 2. The summed E-state index contributed by atoms with van der Waals surface area (Å²) < 4.78 is 0.973. The summed E-state index contributed by atoms with van der Waals surface area (Å²) in [5.74, 6) is 0.928. The fraction of sp³-hybridized carbons (Fsp3) is 0.500. The number of hydrogen-bond donors (Lipinski definition) is 2. The number of anilines is 2. The largest absolute Gasteiger partial charge is 0.397 e. The van der Waals surface area contributed by atoms with Crippen LogP contribution in [0, 0.1) is 6.92 Å². The summed E-state index contributed by atoms with van der Waals surface area (Å²) in [6, 6.07) is 0. The summed E-state index contributed by atoms with van der Waals surface area (Å²) in [7, 11) is 3.95. The molecular formula is C10H17BrN4. The van der Waals surface area contributed by atoms with E-state index in [-0.39, 0.29) is 0 Å². The van der Waals surface area contributed by atoms with Gasteiger partial charge >= 0.3 is 0 Å². The van der Waals surface area contributed by atoms with Crippen molar-refractivity contribution < 1.29 is 0 Å². The SMILES string of the molecule is CNCCN(C)c1ncc(N)c(C)c1Br. The number of pyridine rings is 1. The van der Waals surface area contributed by atoms with Gasteiger partial charge in [-0.1, -0.05) is 0 Å². The highest BCUT2D eigenvalue weighted by Gasteiger charge is 2.10. The molecule has 0 unspecified atom stereocenters. The van der Waals surface area contributed by atoms with Crippen LogP contribution in [0.25, 0.3) is 0 Å². The van der Waals surface area contributed by atoms with E-state index in [2.05, 4.69) is 31.1 Å². The molecule has 15 heavy (non-hydrogen) atoms. The van der Waals surface area contributed by atoms with Gasteiger partial charge in [-0.05, 0) is 35.5 Å². The average Bonchev–Trinajstić information content (AvgIpc) is 2.23. The Balaban J connectivity index is 2.90. The Bertz CT molecular complexity index is 340. The molecule has 0 bridgehead atoms. The van der Waals surface area contributed by atoms with Crippen molar-refractivity contribution in [3.05, 3.63) is 16.2 Å². The number of likely N-dealkylation sites (N-methyl/N-ethyl adjacent to an activating group) is 2. The highest BCUT2D eigenvalue weighted by atomic mass is 79.9. The van der Waals surface area contributed by atoms with Crippen LogP contribution >= 0.6 is 15.9 Å². The van der Waals surface area contributed by atoms with Crippen LogP contribution < -0.4 is 16.0 Å². The van der Waals surface area contributed by atoms with Gasteiger partial charge < -0.3 is 16.0 Å². The fourth-order valence-electron chi connectivity index (χ4n) is 1.23. The standard InChI is InChI=1S/C10H17BrN4/c1-7-8(12)6-14-10(9(7)11)15(3)5-4-13-2/h6,13H,4-5,12H2,1-3H3. The molecular weight excluding hydrogens is 256 g/mol. The third kappa shape index (κ3) is 2.82. The second-order valence-electron chi connectivity index (χ2n) is 3.50. The normalized spacial score (nSPS) is 10.4. The Labute approximate surface area is 99.0 Å². The summed E-state index contributed by atoms with van der Waals surface area (Å²) in [5, 5.41) is 3.10. The Morgan fingerprint density at radius 3 is 2.87 bits per heavy atom. The van der Waals surface area contributed by atoms with Gasteiger partial charge in [0.15, 0.2) is 0 Å². The van der Waals surface area contributed by atoms with Crippen LogP contribution in [0.4, 0.5) is 11.5 Å². The zero-order chi connectivity index (χ0) is 11.4. The summed E-state index contributed by atoms with van der Waals surface area (Å²) in [5.41, 5.74) is 7.52. The van der Waals surface area contributed by atoms with E-state index >= 15 is 0 Å². The Kier molecular flexibility index (Phi) is 4.35. The van der Waals surface area contributed by atoms with Gasteiger partial charge in [-0.15, -0.1) is 0 Å². The van der Waals surface area contributed by atoms with Crippen molar-refractivity contribution in [2.45, 2.75) is 6.92 Å². The average molecular weight is 273 g/mol. The summed E-state index contributed by atoms with van der Waals surface area (Å²) in [6.07, 6.45) is 1.70. The molecule has 0 amide bonds. The minimum absolute atomic E-state index is 0.715. The van der Waals surface area contributed by atoms with Gasteiger partial charge in [-0.2, -0.15) is 0 Å². The first-order valence-electron chi connectivity index (χ1n) is 4.84. The maximum atomic E-state index is 5.77. The van der Waals surface area contributed by atoms with Crippen LogP contribution in [0.5, 0.6) is 0 Å². The predicted molar refractivity (Wildman–Crippen MR) is 68.3 cm³/mol. The molecule has 1 rings (SSSR count). The van der Waals surface area contributed by atoms with Gasteiger partial charge in [0.1, 0.15) is 5.82 Å². The zero-order valence-electron chi connectivity index (χ0n) is 9.34. The lowest BCUT2D eigenvalue weighted by Gasteiger charge is -2.20. The monoisotopic (exact) mass is 272 g/mol. The molecule has 0 saturated heterocycles. The molecule has 0 radical (unpaired) electrons. The van der Waals surface area contributed by atoms with E-state index in [0.717, 1.165) is 28.9 Å². The van der Waals surface area contributed by atoms with Crippen molar-refractivity contribution in [1.29, 1.82) is 0 Å². The van der Waals surface area contributed by atoms with E-state index in [1.54, 1.807) is 6.20 Å². The zero-order valence-corrected chi connectivity index (χ0v) is 10.9. The van der Waals surface area contributed by atoms with E-state index in [4.69, 9.17) is 5.73 Å². The molecule has 5 heteroatoms. The number of nitrogen functional groups attached to an aromatic ring is 1. The van der Waals surface area contributed by atoms with E-state index < -0.39 is 0 Å². The van der Waals surface area contributed by atoms with Crippen LogP contribution in [0.15, 0.2) is 10.7 Å². The predicted octanol–water partition coefficient (Wildman–Crippen LogP) is 1.39. The maximum Gasteiger partial charge on any atom is 0.143 e.